The van der Waals surface area contributed by atoms with Gasteiger partial charge in [0.1, 0.15) is 0 Å². The number of hydrogen-bond acceptors (Lipinski definition) is 4. The fourth-order valence-corrected chi connectivity index (χ4v) is 4.46. The van der Waals surface area contributed by atoms with Crippen LogP contribution in [0.25, 0.3) is 0 Å². The van der Waals surface area contributed by atoms with Gasteiger partial charge in [0.05, 0.1) is 0 Å². The summed E-state index contributed by atoms with van der Waals surface area (Å²) >= 11 is 0. The van der Waals surface area contributed by atoms with Crippen LogP contribution < -0.4 is 4.13 Å². The van der Waals surface area contributed by atoms with E-state index >= 15 is 0 Å². The third kappa shape index (κ3) is 1.60. The number of nitrogens with one attached hydrogen (secondary N) is 1. The van der Waals surface area contributed by atoms with Crippen LogP contribution in [-0.2, 0) is 20.0 Å². The van der Waals surface area contributed by atoms with Crippen LogP contribution >= 0.6 is 0 Å². The molecule has 0 aromatic heterocycles. The van der Waals surface area contributed by atoms with Gasteiger partial charge in [0, 0.05) is 0 Å². The van der Waals surface area contributed by atoms with Gasteiger partial charge in [-0.3, -0.25) is 0 Å². The molecule has 19 heavy (non-hydrogen) atoms. The van der Waals surface area contributed by atoms with Crippen molar-refractivity contribution >= 4 is 20.0 Å². The van der Waals surface area contributed by atoms with E-state index in [0.29, 0.717) is 0 Å². The average molecular weight is 343 g/mol. The van der Waals surface area contributed by atoms with Gasteiger partial charge in [-0.2, -0.15) is 30.7 Å². The topological polar surface area (TPSA) is 80.3 Å². The molecule has 0 bridgehead atoms. The summed E-state index contributed by atoms with van der Waals surface area (Å²) in [7, 11) is -13.8. The second-order valence-corrected chi connectivity index (χ2v) is 7.03. The number of hydrogen-bond donors (Lipinski definition) is 1. The lowest BCUT2D eigenvalue weighted by Crippen LogP contribution is -2.76. The first kappa shape index (κ1) is 16.4. The van der Waals surface area contributed by atoms with Gasteiger partial charge in [-0.05, 0) is 0 Å². The van der Waals surface area contributed by atoms with Gasteiger partial charge in [0.15, 0.2) is 0 Å². The van der Waals surface area contributed by atoms with Crippen LogP contribution in [0.15, 0.2) is 0 Å². The van der Waals surface area contributed by atoms with Gasteiger partial charge in [-0.25, -0.2) is 21.2 Å². The van der Waals surface area contributed by atoms with Crippen LogP contribution in [-0.4, -0.2) is 39.2 Å². The third-order valence-electron chi connectivity index (χ3n) is 2.06. The Hall–Kier alpha value is -0.700. The molecule has 1 rings (SSSR count). The number of sulfonamides is 2. The van der Waals surface area contributed by atoms with Crippen molar-refractivity contribution in [3.05, 3.63) is 0 Å². The fourth-order valence-electron chi connectivity index (χ4n) is 1.11. The minimum Gasteiger partial charge on any atom is -0.207 e. The lowest BCUT2D eigenvalue weighted by molar-refractivity contribution is -0.304. The van der Waals surface area contributed by atoms with Crippen LogP contribution in [0.2, 0.25) is 0 Å². The standard InChI is InChI=1S/C4HF8NO4S2/c5-1(6)2(7,3(8,9)10)18(14,15)13-19(16,17)4(1,11)12/h13H. The van der Waals surface area contributed by atoms with Crippen molar-refractivity contribution in [3.8, 4) is 0 Å². The lowest BCUT2D eigenvalue weighted by atomic mass is 10.2. The highest BCUT2D eigenvalue weighted by Gasteiger charge is 2.92. The first-order valence-electron chi connectivity index (χ1n) is 3.75. The van der Waals surface area contributed by atoms with E-state index in [1.54, 1.807) is 0 Å². The number of halogens is 8. The van der Waals surface area contributed by atoms with Crippen molar-refractivity contribution < 1.29 is 52.0 Å². The fraction of sp³-hybridized carbons (Fsp3) is 1.00. The van der Waals surface area contributed by atoms with Gasteiger partial charge in [0.25, 0.3) is 20.0 Å². The van der Waals surface area contributed by atoms with Crippen molar-refractivity contribution in [1.29, 1.82) is 0 Å². The zero-order valence-corrected chi connectivity index (χ0v) is 9.61. The van der Waals surface area contributed by atoms with Crippen LogP contribution in [0, 0.1) is 0 Å². The average Bonchev–Trinajstić information content (AvgIpc) is 2.10. The molecule has 5 nitrogen and oxygen atoms in total. The molecule has 0 amide bonds. The maximum absolute atomic E-state index is 13.2. The van der Waals surface area contributed by atoms with E-state index in [0.717, 1.165) is 0 Å². The predicted molar refractivity (Wildman–Crippen MR) is 40.8 cm³/mol. The van der Waals surface area contributed by atoms with E-state index in [1.807, 2.05) is 0 Å². The molecule has 1 saturated heterocycles. The van der Waals surface area contributed by atoms with Crippen molar-refractivity contribution in [2.24, 2.45) is 0 Å². The molecule has 15 heteroatoms. The Balaban J connectivity index is 3.87. The number of rotatable bonds is 0. The molecule has 0 aromatic carbocycles. The van der Waals surface area contributed by atoms with E-state index in [1.165, 1.54) is 0 Å². The lowest BCUT2D eigenvalue weighted by Gasteiger charge is -2.40. The summed E-state index contributed by atoms with van der Waals surface area (Å²) in [6, 6.07) is 0. The zero-order chi connectivity index (χ0) is 15.7. The molecule has 1 aliphatic heterocycles. The normalized spacial score (nSPS) is 35.8. The molecule has 0 aromatic rings. The summed E-state index contributed by atoms with van der Waals surface area (Å²) in [5.41, 5.74) is 0. The highest BCUT2D eigenvalue weighted by atomic mass is 32.3. The Bertz CT molecular complexity index is 605. The van der Waals surface area contributed by atoms with Gasteiger partial charge < -0.3 is 0 Å². The van der Waals surface area contributed by atoms with Crippen LogP contribution in [0.4, 0.5) is 35.1 Å². The minimum atomic E-state index is -7.08. The largest absolute Gasteiger partial charge is 0.445 e. The Labute approximate surface area is 99.2 Å². The first-order chi connectivity index (χ1) is 7.96. The van der Waals surface area contributed by atoms with Crippen molar-refractivity contribution in [3.63, 3.8) is 0 Å². The zero-order valence-electron chi connectivity index (χ0n) is 7.97. The number of alkyl halides is 8. The monoisotopic (exact) mass is 343 g/mol. The molecule has 1 heterocycles. The van der Waals surface area contributed by atoms with E-state index < -0.39 is 46.5 Å². The summed E-state index contributed by atoms with van der Waals surface area (Å²) in [4.78, 5) is 0. The molecule has 0 radical (unpaired) electrons. The summed E-state index contributed by atoms with van der Waals surface area (Å²) in [5, 5.41) is -13.4. The van der Waals surface area contributed by atoms with Crippen molar-refractivity contribution in [2.45, 2.75) is 22.4 Å². The molecule has 1 fully saturated rings. The molecule has 0 aliphatic carbocycles. The summed E-state index contributed by atoms with van der Waals surface area (Å²) in [5.74, 6) is -7.08. The summed E-state index contributed by atoms with van der Waals surface area (Å²) < 4.78 is 143. The van der Waals surface area contributed by atoms with Gasteiger partial charge in [-0.1, -0.05) is 0 Å². The Kier molecular flexibility index (Phi) is 3.00. The van der Waals surface area contributed by atoms with Crippen molar-refractivity contribution in [1.82, 2.24) is 4.13 Å². The van der Waals surface area contributed by atoms with E-state index in [4.69, 9.17) is 0 Å². The Morgan fingerprint density at radius 3 is 1.47 bits per heavy atom. The Morgan fingerprint density at radius 2 is 1.16 bits per heavy atom. The summed E-state index contributed by atoms with van der Waals surface area (Å²) in [6.07, 6.45) is -7.01. The van der Waals surface area contributed by atoms with E-state index in [9.17, 15) is 52.0 Å². The van der Waals surface area contributed by atoms with Crippen LogP contribution in [0.3, 0.4) is 0 Å². The summed E-state index contributed by atoms with van der Waals surface area (Å²) in [6.45, 7) is 0. The van der Waals surface area contributed by atoms with E-state index in [-0.39, 0.29) is 0 Å². The van der Waals surface area contributed by atoms with Crippen LogP contribution in [0.5, 0.6) is 0 Å². The SMILES string of the molecule is O=S1(=O)NS(=O)(=O)C(F)(C(F)(F)F)C(F)(F)C1(F)F. The van der Waals surface area contributed by atoms with Crippen molar-refractivity contribution in [2.75, 3.05) is 0 Å². The molecule has 1 aliphatic rings. The smallest absolute Gasteiger partial charge is 0.207 e. The second-order valence-electron chi connectivity index (χ2n) is 3.27. The molecule has 0 spiro atoms. The molecule has 1 unspecified atom stereocenters. The van der Waals surface area contributed by atoms with Gasteiger partial charge in [0.2, 0.25) is 0 Å². The highest BCUT2D eigenvalue weighted by Crippen LogP contribution is 2.58. The van der Waals surface area contributed by atoms with Gasteiger partial charge in [-0.15, -0.1) is 4.13 Å². The minimum absolute atomic E-state index is 0.406. The molecule has 1 atom stereocenters. The molecule has 0 saturated carbocycles. The van der Waals surface area contributed by atoms with Crippen LogP contribution in [0.1, 0.15) is 0 Å². The molecular formula is C4HF8NO4S2. The first-order valence-corrected chi connectivity index (χ1v) is 6.71. The third-order valence-corrected chi connectivity index (χ3v) is 5.98. The quantitative estimate of drug-likeness (QED) is 0.657. The molecular weight excluding hydrogens is 342 g/mol. The maximum atomic E-state index is 13.2. The second kappa shape index (κ2) is 3.49. The maximum Gasteiger partial charge on any atom is 0.445 e. The predicted octanol–water partition coefficient (Wildman–Crippen LogP) is 0.705. The Morgan fingerprint density at radius 1 is 0.789 bits per heavy atom. The van der Waals surface area contributed by atoms with Gasteiger partial charge >= 0.3 is 22.4 Å². The van der Waals surface area contributed by atoms with E-state index in [2.05, 4.69) is 0 Å². The highest BCUT2D eigenvalue weighted by molar-refractivity contribution is 8.06. The molecule has 114 valence electrons. The molecule has 1 N–H and O–H groups in total.